The van der Waals surface area contributed by atoms with E-state index in [4.69, 9.17) is 5.11 Å². The van der Waals surface area contributed by atoms with E-state index in [1.54, 1.807) is 0 Å². The predicted octanol–water partition coefficient (Wildman–Crippen LogP) is 1.16. The smallest absolute Gasteiger partial charge is 0.394 e. The largest absolute Gasteiger partial charge is 0.474 e. The van der Waals surface area contributed by atoms with Crippen LogP contribution in [-0.4, -0.2) is 23.0 Å². The normalized spacial score (nSPS) is 25.4. The zero-order valence-electron chi connectivity index (χ0n) is 8.67. The highest BCUT2D eigenvalue weighted by molar-refractivity contribution is 6.31. The van der Waals surface area contributed by atoms with E-state index in [-0.39, 0.29) is 11.5 Å². The summed E-state index contributed by atoms with van der Waals surface area (Å²) in [6.07, 6.45) is 4.14. The monoisotopic (exact) mass is 199 g/mol. The number of carbonyl (C=O) groups is 2. The van der Waals surface area contributed by atoms with Crippen molar-refractivity contribution in [3.05, 3.63) is 0 Å². The molecule has 0 radical (unpaired) electrons. The van der Waals surface area contributed by atoms with Gasteiger partial charge in [0.2, 0.25) is 0 Å². The molecule has 4 heteroatoms. The Morgan fingerprint density at radius 1 is 1.36 bits per heavy atom. The average Bonchev–Trinajstić information content (AvgIpc) is 2.08. The van der Waals surface area contributed by atoms with Gasteiger partial charge in [0.15, 0.2) is 0 Å². The number of hydrogen-bond donors (Lipinski definition) is 2. The number of carboxylic acids is 1. The van der Waals surface area contributed by atoms with Crippen LogP contribution in [0.3, 0.4) is 0 Å². The fourth-order valence-corrected chi connectivity index (χ4v) is 1.98. The fraction of sp³-hybridized carbons (Fsp3) is 0.800. The van der Waals surface area contributed by atoms with Crippen LogP contribution in [0.15, 0.2) is 0 Å². The van der Waals surface area contributed by atoms with Crippen molar-refractivity contribution < 1.29 is 14.7 Å². The van der Waals surface area contributed by atoms with Crippen molar-refractivity contribution in [2.75, 3.05) is 0 Å². The number of carboxylic acid groups (broad SMARTS) is 1. The summed E-state index contributed by atoms with van der Waals surface area (Å²) >= 11 is 0. The van der Waals surface area contributed by atoms with Crippen LogP contribution in [0, 0.1) is 5.41 Å². The Labute approximate surface area is 83.7 Å². The van der Waals surface area contributed by atoms with Crippen molar-refractivity contribution >= 4 is 11.9 Å². The van der Waals surface area contributed by atoms with Gasteiger partial charge in [0.1, 0.15) is 0 Å². The summed E-state index contributed by atoms with van der Waals surface area (Å²) in [6.45, 7) is 4.14. The quantitative estimate of drug-likeness (QED) is 0.623. The van der Waals surface area contributed by atoms with Gasteiger partial charge in [-0.2, -0.15) is 0 Å². The van der Waals surface area contributed by atoms with E-state index in [1.807, 2.05) is 0 Å². The SMILES string of the molecule is CC1(C)CCCCC1NC(=O)C(=O)O. The van der Waals surface area contributed by atoms with Crippen LogP contribution in [0.2, 0.25) is 0 Å². The Bertz CT molecular complexity index is 248. The van der Waals surface area contributed by atoms with Crippen LogP contribution < -0.4 is 5.32 Å². The molecule has 1 aliphatic rings. The molecular formula is C10H17NO3. The third-order valence-electron chi connectivity index (χ3n) is 3.01. The zero-order valence-corrected chi connectivity index (χ0v) is 8.67. The van der Waals surface area contributed by atoms with Crippen LogP contribution in [0.25, 0.3) is 0 Å². The molecule has 1 amide bonds. The maximum Gasteiger partial charge on any atom is 0.394 e. The van der Waals surface area contributed by atoms with Gasteiger partial charge in [0.25, 0.3) is 0 Å². The maximum absolute atomic E-state index is 11.0. The summed E-state index contributed by atoms with van der Waals surface area (Å²) < 4.78 is 0. The Balaban J connectivity index is 2.58. The molecule has 14 heavy (non-hydrogen) atoms. The van der Waals surface area contributed by atoms with E-state index in [0.29, 0.717) is 0 Å². The van der Waals surface area contributed by atoms with Crippen LogP contribution in [0.5, 0.6) is 0 Å². The van der Waals surface area contributed by atoms with Crippen LogP contribution in [0.1, 0.15) is 39.5 Å². The minimum atomic E-state index is -1.40. The molecule has 1 aliphatic carbocycles. The molecule has 0 saturated heterocycles. The lowest BCUT2D eigenvalue weighted by Crippen LogP contribution is -2.48. The van der Waals surface area contributed by atoms with Gasteiger partial charge in [-0.05, 0) is 18.3 Å². The van der Waals surface area contributed by atoms with E-state index in [0.717, 1.165) is 25.7 Å². The second-order valence-electron chi connectivity index (χ2n) is 4.57. The second kappa shape index (κ2) is 3.98. The number of rotatable bonds is 1. The summed E-state index contributed by atoms with van der Waals surface area (Å²) in [6, 6.07) is -0.000139. The first-order valence-corrected chi connectivity index (χ1v) is 4.97. The Morgan fingerprint density at radius 2 is 2.00 bits per heavy atom. The highest BCUT2D eigenvalue weighted by atomic mass is 16.4. The summed E-state index contributed by atoms with van der Waals surface area (Å²) in [7, 11) is 0. The summed E-state index contributed by atoms with van der Waals surface area (Å²) in [5.74, 6) is -2.28. The number of nitrogens with one attached hydrogen (secondary N) is 1. The first-order chi connectivity index (χ1) is 6.43. The number of amides is 1. The molecule has 0 bridgehead atoms. The maximum atomic E-state index is 11.0. The van der Waals surface area contributed by atoms with E-state index in [9.17, 15) is 9.59 Å². The molecule has 1 saturated carbocycles. The van der Waals surface area contributed by atoms with Crippen molar-refractivity contribution in [2.45, 2.75) is 45.6 Å². The molecule has 4 nitrogen and oxygen atoms in total. The molecule has 80 valence electrons. The fourth-order valence-electron chi connectivity index (χ4n) is 1.98. The van der Waals surface area contributed by atoms with Gasteiger partial charge >= 0.3 is 11.9 Å². The predicted molar refractivity (Wildman–Crippen MR) is 51.8 cm³/mol. The standard InChI is InChI=1S/C10H17NO3/c1-10(2)6-4-3-5-7(10)11-8(12)9(13)14/h7H,3-6H2,1-2H3,(H,11,12)(H,13,14). The Hall–Kier alpha value is -1.06. The summed E-state index contributed by atoms with van der Waals surface area (Å²) in [4.78, 5) is 21.4. The van der Waals surface area contributed by atoms with Gasteiger partial charge in [-0.25, -0.2) is 4.79 Å². The molecule has 0 aromatic heterocycles. The van der Waals surface area contributed by atoms with Crippen molar-refractivity contribution in [2.24, 2.45) is 5.41 Å². The van der Waals surface area contributed by atoms with Crippen molar-refractivity contribution in [3.8, 4) is 0 Å². The van der Waals surface area contributed by atoms with Gasteiger partial charge in [-0.1, -0.05) is 26.7 Å². The second-order valence-corrected chi connectivity index (χ2v) is 4.57. The van der Waals surface area contributed by atoms with E-state index in [2.05, 4.69) is 19.2 Å². The lowest BCUT2D eigenvalue weighted by molar-refractivity contribution is -0.151. The topological polar surface area (TPSA) is 66.4 Å². The first-order valence-electron chi connectivity index (χ1n) is 4.97. The highest BCUT2D eigenvalue weighted by Crippen LogP contribution is 2.35. The average molecular weight is 199 g/mol. The van der Waals surface area contributed by atoms with Gasteiger partial charge < -0.3 is 10.4 Å². The van der Waals surface area contributed by atoms with Crippen molar-refractivity contribution in [3.63, 3.8) is 0 Å². The molecule has 1 unspecified atom stereocenters. The minimum absolute atomic E-state index is 0.000139. The van der Waals surface area contributed by atoms with Gasteiger partial charge in [-0.15, -0.1) is 0 Å². The van der Waals surface area contributed by atoms with Gasteiger partial charge in [-0.3, -0.25) is 4.79 Å². The highest BCUT2D eigenvalue weighted by Gasteiger charge is 2.34. The lowest BCUT2D eigenvalue weighted by Gasteiger charge is -2.38. The Morgan fingerprint density at radius 3 is 2.50 bits per heavy atom. The Kier molecular flexibility index (Phi) is 3.13. The molecule has 0 heterocycles. The summed E-state index contributed by atoms with van der Waals surface area (Å²) in [5.41, 5.74) is 0.0172. The molecule has 0 aliphatic heterocycles. The molecule has 1 atom stereocenters. The molecule has 0 aromatic carbocycles. The number of carbonyl (C=O) groups excluding carboxylic acids is 1. The minimum Gasteiger partial charge on any atom is -0.474 e. The van der Waals surface area contributed by atoms with Crippen molar-refractivity contribution in [1.82, 2.24) is 5.32 Å². The molecule has 0 aromatic rings. The third-order valence-corrected chi connectivity index (χ3v) is 3.01. The molecule has 0 spiro atoms. The lowest BCUT2D eigenvalue weighted by atomic mass is 9.73. The van der Waals surface area contributed by atoms with Crippen LogP contribution in [0.4, 0.5) is 0 Å². The van der Waals surface area contributed by atoms with E-state index < -0.39 is 11.9 Å². The van der Waals surface area contributed by atoms with Gasteiger partial charge in [0, 0.05) is 6.04 Å². The number of aliphatic carboxylic acids is 1. The molecule has 1 fully saturated rings. The molecule has 1 rings (SSSR count). The first kappa shape index (κ1) is 11.0. The number of hydrogen-bond acceptors (Lipinski definition) is 2. The van der Waals surface area contributed by atoms with Crippen LogP contribution >= 0.6 is 0 Å². The van der Waals surface area contributed by atoms with Gasteiger partial charge in [0.05, 0.1) is 0 Å². The molecular weight excluding hydrogens is 182 g/mol. The zero-order chi connectivity index (χ0) is 10.8. The summed E-state index contributed by atoms with van der Waals surface area (Å²) in [5, 5.41) is 11.0. The van der Waals surface area contributed by atoms with E-state index >= 15 is 0 Å². The third kappa shape index (κ3) is 2.47. The van der Waals surface area contributed by atoms with E-state index in [1.165, 1.54) is 0 Å². The van der Waals surface area contributed by atoms with Crippen molar-refractivity contribution in [1.29, 1.82) is 0 Å². The molecule has 2 N–H and O–H groups in total. The van der Waals surface area contributed by atoms with Crippen LogP contribution in [-0.2, 0) is 9.59 Å².